The molecule has 0 aliphatic carbocycles. The quantitative estimate of drug-likeness (QED) is 0.518. The molecule has 0 aliphatic heterocycles. The number of benzene rings is 2. The van der Waals surface area contributed by atoms with Crippen LogP contribution < -0.4 is 15.6 Å². The number of nitrogens with one attached hydrogen (secondary N) is 1. The molecule has 7 nitrogen and oxygen atoms in total. The smallest absolute Gasteiger partial charge is 0.294 e. The van der Waals surface area contributed by atoms with E-state index in [0.717, 1.165) is 21.9 Å². The summed E-state index contributed by atoms with van der Waals surface area (Å²) in [7, 11) is 1.60. The summed E-state index contributed by atoms with van der Waals surface area (Å²) in [5, 5.41) is 8.11. The fourth-order valence-corrected chi connectivity index (χ4v) is 4.02. The minimum Gasteiger partial charge on any atom is -0.497 e. The molecular weight excluding hydrogens is 400 g/mol. The van der Waals surface area contributed by atoms with E-state index in [1.807, 2.05) is 61.5 Å². The Morgan fingerprint density at radius 3 is 2.57 bits per heavy atom. The zero-order chi connectivity index (χ0) is 21.1. The van der Waals surface area contributed by atoms with Crippen molar-refractivity contribution in [2.24, 2.45) is 0 Å². The molecule has 2 aromatic heterocycles. The van der Waals surface area contributed by atoms with Crippen molar-refractivity contribution in [1.29, 1.82) is 0 Å². The topological polar surface area (TPSA) is 86.1 Å². The molecule has 2 heterocycles. The van der Waals surface area contributed by atoms with Gasteiger partial charge in [0, 0.05) is 12.1 Å². The molecule has 4 rings (SSSR count). The van der Waals surface area contributed by atoms with Gasteiger partial charge in [-0.2, -0.15) is 5.10 Å². The van der Waals surface area contributed by atoms with Gasteiger partial charge in [0.15, 0.2) is 5.52 Å². The fourth-order valence-electron chi connectivity index (χ4n) is 3.10. The molecule has 0 unspecified atom stereocenters. The molecule has 8 heteroatoms. The maximum absolute atomic E-state index is 12.9. The largest absolute Gasteiger partial charge is 0.497 e. The van der Waals surface area contributed by atoms with Crippen molar-refractivity contribution in [1.82, 2.24) is 20.1 Å². The first kappa shape index (κ1) is 19.8. The number of hydrogen-bond acceptors (Lipinski definition) is 6. The first-order chi connectivity index (χ1) is 14.5. The molecule has 1 N–H and O–H groups in total. The van der Waals surface area contributed by atoms with Gasteiger partial charge < -0.3 is 10.1 Å². The van der Waals surface area contributed by atoms with Crippen LogP contribution in [-0.4, -0.2) is 27.8 Å². The molecular formula is C22H20N4O3S. The van der Waals surface area contributed by atoms with E-state index >= 15 is 0 Å². The van der Waals surface area contributed by atoms with Crippen molar-refractivity contribution in [3.8, 4) is 17.0 Å². The lowest BCUT2D eigenvalue weighted by molar-refractivity contribution is -0.122. The van der Waals surface area contributed by atoms with Gasteiger partial charge in [0.1, 0.15) is 18.0 Å². The predicted octanol–water partition coefficient (Wildman–Crippen LogP) is 3.15. The number of hydrogen-bond donors (Lipinski definition) is 1. The van der Waals surface area contributed by atoms with Crippen LogP contribution in [0.5, 0.6) is 5.75 Å². The Kier molecular flexibility index (Phi) is 5.58. The number of carbonyl (C=O) groups is 1. The van der Waals surface area contributed by atoms with Crippen LogP contribution in [-0.2, 0) is 17.9 Å². The Morgan fingerprint density at radius 1 is 1.13 bits per heavy atom. The van der Waals surface area contributed by atoms with Crippen molar-refractivity contribution in [3.63, 3.8) is 0 Å². The zero-order valence-corrected chi connectivity index (χ0v) is 17.4. The average molecular weight is 420 g/mol. The van der Waals surface area contributed by atoms with E-state index in [1.54, 1.807) is 7.11 Å². The second-order valence-corrected chi connectivity index (χ2v) is 7.92. The molecule has 0 aliphatic rings. The van der Waals surface area contributed by atoms with E-state index in [0.29, 0.717) is 22.5 Å². The van der Waals surface area contributed by atoms with Gasteiger partial charge in [-0.15, -0.1) is 11.3 Å². The summed E-state index contributed by atoms with van der Waals surface area (Å²) in [6, 6.07) is 17.0. The number of ether oxygens (including phenoxy) is 1. The van der Waals surface area contributed by atoms with Crippen LogP contribution in [0.25, 0.3) is 21.5 Å². The Balaban J connectivity index is 1.66. The van der Waals surface area contributed by atoms with E-state index < -0.39 is 0 Å². The van der Waals surface area contributed by atoms with Crippen LogP contribution in [0, 0.1) is 6.92 Å². The van der Waals surface area contributed by atoms with Crippen LogP contribution in [0.3, 0.4) is 0 Å². The van der Waals surface area contributed by atoms with Crippen molar-refractivity contribution in [2.75, 3.05) is 7.11 Å². The zero-order valence-electron chi connectivity index (χ0n) is 16.6. The van der Waals surface area contributed by atoms with Gasteiger partial charge in [0.25, 0.3) is 5.56 Å². The van der Waals surface area contributed by atoms with Gasteiger partial charge in [0.2, 0.25) is 5.91 Å². The Morgan fingerprint density at radius 2 is 1.87 bits per heavy atom. The molecule has 0 saturated carbocycles. The van der Waals surface area contributed by atoms with Crippen molar-refractivity contribution in [2.45, 2.75) is 20.0 Å². The van der Waals surface area contributed by atoms with Gasteiger partial charge in [-0.25, -0.2) is 9.67 Å². The number of aryl methyl sites for hydroxylation is 1. The minimum absolute atomic E-state index is 0.179. The number of thiazole rings is 1. The van der Waals surface area contributed by atoms with Crippen LogP contribution in [0.1, 0.15) is 10.6 Å². The number of rotatable bonds is 6. The van der Waals surface area contributed by atoms with Crippen LogP contribution in [0.2, 0.25) is 0 Å². The summed E-state index contributed by atoms with van der Waals surface area (Å²) in [5.41, 5.74) is 2.38. The van der Waals surface area contributed by atoms with Gasteiger partial charge in [-0.05, 0) is 36.8 Å². The highest BCUT2D eigenvalue weighted by molar-refractivity contribution is 7.19. The standard InChI is InChI=1S/C22H20N4O3S/c1-14-24-20-21(30-14)19(16-8-10-17(29-2)11-9-16)25-26(22(20)28)13-18(27)23-12-15-6-4-3-5-7-15/h3-11H,12-13H2,1-2H3,(H,23,27). The van der Waals surface area contributed by atoms with Crippen molar-refractivity contribution >= 4 is 27.5 Å². The highest BCUT2D eigenvalue weighted by atomic mass is 32.1. The lowest BCUT2D eigenvalue weighted by Gasteiger charge is -2.10. The van der Waals surface area contributed by atoms with Crippen LogP contribution in [0.4, 0.5) is 0 Å². The molecule has 1 amide bonds. The number of amides is 1. The molecule has 0 saturated heterocycles. The third kappa shape index (κ3) is 4.08. The summed E-state index contributed by atoms with van der Waals surface area (Å²) in [5.74, 6) is 0.435. The van der Waals surface area contributed by atoms with Crippen LogP contribution in [0.15, 0.2) is 59.4 Å². The molecule has 0 atom stereocenters. The maximum Gasteiger partial charge on any atom is 0.294 e. The second-order valence-electron chi connectivity index (χ2n) is 6.71. The van der Waals surface area contributed by atoms with Gasteiger partial charge in [-0.1, -0.05) is 30.3 Å². The lowest BCUT2D eigenvalue weighted by atomic mass is 10.1. The SMILES string of the molecule is COc1ccc(-c2nn(CC(=O)NCc3ccccc3)c(=O)c3nc(C)sc23)cc1. The minimum atomic E-state index is -0.374. The predicted molar refractivity (Wildman–Crippen MR) is 117 cm³/mol. The molecule has 0 bridgehead atoms. The summed E-state index contributed by atoms with van der Waals surface area (Å²) >= 11 is 1.41. The summed E-state index contributed by atoms with van der Waals surface area (Å²) in [6.45, 7) is 2.05. The molecule has 152 valence electrons. The summed E-state index contributed by atoms with van der Waals surface area (Å²) in [4.78, 5) is 29.7. The van der Waals surface area contributed by atoms with E-state index in [1.165, 1.54) is 16.0 Å². The number of nitrogens with zero attached hydrogens (tertiary/aromatic N) is 3. The van der Waals surface area contributed by atoms with E-state index in [-0.39, 0.29) is 18.0 Å². The summed E-state index contributed by atoms with van der Waals surface area (Å²) < 4.78 is 7.11. The number of carbonyl (C=O) groups excluding carboxylic acids is 1. The Hall–Kier alpha value is -3.52. The molecule has 0 radical (unpaired) electrons. The molecule has 4 aromatic rings. The molecule has 0 spiro atoms. The Labute approximate surface area is 177 Å². The lowest BCUT2D eigenvalue weighted by Crippen LogP contribution is -2.33. The van der Waals surface area contributed by atoms with Gasteiger partial charge in [-0.3, -0.25) is 9.59 Å². The monoisotopic (exact) mass is 420 g/mol. The number of aromatic nitrogens is 3. The van der Waals surface area contributed by atoms with Crippen molar-refractivity contribution in [3.05, 3.63) is 75.5 Å². The van der Waals surface area contributed by atoms with Crippen LogP contribution >= 0.6 is 11.3 Å². The first-order valence-corrected chi connectivity index (χ1v) is 10.2. The fraction of sp³-hybridized carbons (Fsp3) is 0.182. The van der Waals surface area contributed by atoms with Crippen molar-refractivity contribution < 1.29 is 9.53 Å². The highest BCUT2D eigenvalue weighted by Crippen LogP contribution is 2.30. The van der Waals surface area contributed by atoms with E-state index in [4.69, 9.17) is 4.74 Å². The highest BCUT2D eigenvalue weighted by Gasteiger charge is 2.18. The van der Waals surface area contributed by atoms with Gasteiger partial charge in [0.05, 0.1) is 16.8 Å². The second kappa shape index (κ2) is 8.46. The average Bonchev–Trinajstić information content (AvgIpc) is 3.17. The third-order valence-electron chi connectivity index (χ3n) is 4.60. The van der Waals surface area contributed by atoms with Gasteiger partial charge >= 0.3 is 0 Å². The summed E-state index contributed by atoms with van der Waals surface area (Å²) in [6.07, 6.45) is 0. The third-order valence-corrected chi connectivity index (χ3v) is 5.57. The molecule has 0 fully saturated rings. The molecule has 30 heavy (non-hydrogen) atoms. The normalized spacial score (nSPS) is 10.9. The van der Waals surface area contributed by atoms with E-state index in [9.17, 15) is 9.59 Å². The molecule has 2 aromatic carbocycles. The first-order valence-electron chi connectivity index (χ1n) is 9.38. The number of methoxy groups -OCH3 is 1. The number of fused-ring (bicyclic) bond motifs is 1. The van der Waals surface area contributed by atoms with E-state index in [2.05, 4.69) is 15.4 Å². The Bertz CT molecular complexity index is 1250. The maximum atomic E-state index is 12.9.